The van der Waals surface area contributed by atoms with Crippen LogP contribution in [0.5, 0.6) is 0 Å². The Labute approximate surface area is 99.5 Å². The van der Waals surface area contributed by atoms with Crippen molar-refractivity contribution in [1.82, 2.24) is 0 Å². The van der Waals surface area contributed by atoms with E-state index >= 15 is 0 Å². The van der Waals surface area contributed by atoms with Gasteiger partial charge in [0.15, 0.2) is 0 Å². The van der Waals surface area contributed by atoms with E-state index in [0.717, 1.165) is 24.3 Å². The lowest BCUT2D eigenvalue weighted by molar-refractivity contribution is -0.149. The molecule has 0 radical (unpaired) electrons. The second-order valence-electron chi connectivity index (χ2n) is 3.70. The van der Waals surface area contributed by atoms with E-state index in [1.165, 1.54) is 0 Å². The number of carbonyl (C=O) groups is 2. The van der Waals surface area contributed by atoms with Crippen LogP contribution in [0.1, 0.15) is 16.7 Å². The van der Waals surface area contributed by atoms with Gasteiger partial charge in [0, 0.05) is 11.6 Å². The molecule has 0 unspecified atom stereocenters. The SMILES string of the molecule is COC(=O)C(=O)C=C(O)c1ccc(C)cc1C. The lowest BCUT2D eigenvalue weighted by atomic mass is 10.0. The number of benzene rings is 1. The average Bonchev–Trinajstić information content (AvgIpc) is 2.27. The van der Waals surface area contributed by atoms with E-state index < -0.39 is 11.8 Å². The zero-order valence-electron chi connectivity index (χ0n) is 9.98. The Balaban J connectivity index is 3.04. The Bertz CT molecular complexity index is 486. The first-order chi connectivity index (χ1) is 7.95. The molecular formula is C13H14O4. The summed E-state index contributed by atoms with van der Waals surface area (Å²) < 4.78 is 4.25. The third-order valence-electron chi connectivity index (χ3n) is 2.31. The summed E-state index contributed by atoms with van der Waals surface area (Å²) in [4.78, 5) is 22.1. The number of aryl methyl sites for hydroxylation is 2. The summed E-state index contributed by atoms with van der Waals surface area (Å²) in [6.45, 7) is 3.74. The van der Waals surface area contributed by atoms with Crippen molar-refractivity contribution in [3.8, 4) is 0 Å². The standard InChI is InChI=1S/C13H14O4/c1-8-4-5-10(9(2)6-8)11(14)7-12(15)13(16)17-3/h4-7,14H,1-3H3. The van der Waals surface area contributed by atoms with E-state index in [2.05, 4.69) is 4.74 Å². The lowest BCUT2D eigenvalue weighted by Gasteiger charge is -2.05. The topological polar surface area (TPSA) is 63.6 Å². The quantitative estimate of drug-likeness (QED) is 0.376. The van der Waals surface area contributed by atoms with Crippen LogP contribution in [0.4, 0.5) is 0 Å². The molecule has 0 aliphatic rings. The normalized spacial score (nSPS) is 11.1. The molecule has 0 heterocycles. The maximum absolute atomic E-state index is 11.2. The Morgan fingerprint density at radius 2 is 1.94 bits per heavy atom. The number of ketones is 1. The van der Waals surface area contributed by atoms with Crippen molar-refractivity contribution in [2.75, 3.05) is 7.11 Å². The molecule has 0 atom stereocenters. The highest BCUT2D eigenvalue weighted by Gasteiger charge is 2.13. The maximum Gasteiger partial charge on any atom is 0.378 e. The van der Waals surface area contributed by atoms with Crippen LogP contribution in [0, 0.1) is 13.8 Å². The Morgan fingerprint density at radius 3 is 2.47 bits per heavy atom. The molecule has 1 aromatic carbocycles. The van der Waals surface area contributed by atoms with Crippen molar-refractivity contribution >= 4 is 17.5 Å². The van der Waals surface area contributed by atoms with Gasteiger partial charge in [0.1, 0.15) is 5.76 Å². The molecule has 0 aliphatic carbocycles. The zero-order valence-corrected chi connectivity index (χ0v) is 9.98. The fourth-order valence-corrected chi connectivity index (χ4v) is 1.46. The van der Waals surface area contributed by atoms with E-state index in [1.54, 1.807) is 6.07 Å². The first-order valence-corrected chi connectivity index (χ1v) is 5.06. The third-order valence-corrected chi connectivity index (χ3v) is 2.31. The molecule has 0 fully saturated rings. The number of esters is 1. The minimum absolute atomic E-state index is 0.238. The highest BCUT2D eigenvalue weighted by atomic mass is 16.5. The summed E-state index contributed by atoms with van der Waals surface area (Å²) in [5.74, 6) is -2.12. The van der Waals surface area contributed by atoms with Gasteiger partial charge >= 0.3 is 5.97 Å². The minimum Gasteiger partial charge on any atom is -0.507 e. The Kier molecular flexibility index (Phi) is 4.04. The molecule has 1 N–H and O–H groups in total. The highest BCUT2D eigenvalue weighted by molar-refractivity contribution is 6.39. The minimum atomic E-state index is -0.999. The maximum atomic E-state index is 11.2. The van der Waals surface area contributed by atoms with Gasteiger partial charge in [-0.15, -0.1) is 0 Å². The van der Waals surface area contributed by atoms with Gasteiger partial charge < -0.3 is 9.84 Å². The highest BCUT2D eigenvalue weighted by Crippen LogP contribution is 2.17. The number of ether oxygens (including phenoxy) is 1. The van der Waals surface area contributed by atoms with Crippen molar-refractivity contribution in [3.05, 3.63) is 41.0 Å². The summed E-state index contributed by atoms with van der Waals surface area (Å²) in [6, 6.07) is 5.39. The molecule has 0 saturated carbocycles. The summed E-state index contributed by atoms with van der Waals surface area (Å²) in [5, 5.41) is 9.74. The van der Waals surface area contributed by atoms with Gasteiger partial charge in [-0.3, -0.25) is 4.79 Å². The average molecular weight is 234 g/mol. The van der Waals surface area contributed by atoms with Gasteiger partial charge in [-0.2, -0.15) is 0 Å². The van der Waals surface area contributed by atoms with E-state index in [1.807, 2.05) is 26.0 Å². The van der Waals surface area contributed by atoms with Gasteiger partial charge in [0.25, 0.3) is 5.78 Å². The molecule has 0 amide bonds. The van der Waals surface area contributed by atoms with Crippen LogP contribution < -0.4 is 0 Å². The van der Waals surface area contributed by atoms with Crippen LogP contribution in [-0.2, 0) is 14.3 Å². The van der Waals surface area contributed by atoms with Crippen LogP contribution in [0.25, 0.3) is 5.76 Å². The Morgan fingerprint density at radius 1 is 1.29 bits per heavy atom. The fraction of sp³-hybridized carbons (Fsp3) is 0.231. The molecule has 4 heteroatoms. The monoisotopic (exact) mass is 234 g/mol. The number of hydrogen-bond acceptors (Lipinski definition) is 4. The summed E-state index contributed by atoms with van der Waals surface area (Å²) in [7, 11) is 1.11. The van der Waals surface area contributed by atoms with Gasteiger partial charge in [-0.25, -0.2) is 4.79 Å². The predicted octanol–water partition coefficient (Wildman–Crippen LogP) is 1.94. The van der Waals surface area contributed by atoms with E-state index in [4.69, 9.17) is 0 Å². The molecule has 0 aromatic heterocycles. The van der Waals surface area contributed by atoms with Crippen LogP contribution in [0.3, 0.4) is 0 Å². The molecule has 0 aliphatic heterocycles. The van der Waals surface area contributed by atoms with Crippen LogP contribution >= 0.6 is 0 Å². The molecule has 90 valence electrons. The van der Waals surface area contributed by atoms with Crippen molar-refractivity contribution in [3.63, 3.8) is 0 Å². The summed E-state index contributed by atoms with van der Waals surface area (Å²) in [5.41, 5.74) is 2.41. The molecule has 1 aromatic rings. The molecule has 0 spiro atoms. The van der Waals surface area contributed by atoms with Crippen LogP contribution in [0.15, 0.2) is 24.3 Å². The molecule has 17 heavy (non-hydrogen) atoms. The number of rotatable bonds is 3. The number of hydrogen-bond donors (Lipinski definition) is 1. The number of carbonyl (C=O) groups excluding carboxylic acids is 2. The van der Waals surface area contributed by atoms with Gasteiger partial charge in [-0.05, 0) is 19.4 Å². The molecular weight excluding hydrogens is 220 g/mol. The van der Waals surface area contributed by atoms with E-state index in [0.29, 0.717) is 5.56 Å². The summed E-state index contributed by atoms with van der Waals surface area (Å²) >= 11 is 0. The van der Waals surface area contributed by atoms with Gasteiger partial charge in [-0.1, -0.05) is 23.8 Å². The van der Waals surface area contributed by atoms with Gasteiger partial charge in [0.05, 0.1) is 7.11 Å². The third kappa shape index (κ3) is 3.17. The number of aliphatic hydroxyl groups excluding tert-OH is 1. The Hall–Kier alpha value is -2.10. The van der Waals surface area contributed by atoms with Gasteiger partial charge in [0.2, 0.25) is 0 Å². The van der Waals surface area contributed by atoms with Crippen molar-refractivity contribution < 1.29 is 19.4 Å². The van der Waals surface area contributed by atoms with Crippen molar-refractivity contribution in [1.29, 1.82) is 0 Å². The molecule has 0 saturated heterocycles. The van der Waals surface area contributed by atoms with Crippen molar-refractivity contribution in [2.24, 2.45) is 0 Å². The first kappa shape index (κ1) is 13.0. The fourth-order valence-electron chi connectivity index (χ4n) is 1.46. The number of aliphatic hydroxyl groups is 1. The predicted molar refractivity (Wildman–Crippen MR) is 63.5 cm³/mol. The smallest absolute Gasteiger partial charge is 0.378 e. The molecule has 4 nitrogen and oxygen atoms in total. The van der Waals surface area contributed by atoms with Crippen molar-refractivity contribution in [2.45, 2.75) is 13.8 Å². The zero-order chi connectivity index (χ0) is 13.0. The van der Waals surface area contributed by atoms with E-state index in [-0.39, 0.29) is 5.76 Å². The second kappa shape index (κ2) is 5.30. The lowest BCUT2D eigenvalue weighted by Crippen LogP contribution is -2.13. The van der Waals surface area contributed by atoms with E-state index in [9.17, 15) is 14.7 Å². The number of methoxy groups -OCH3 is 1. The summed E-state index contributed by atoms with van der Waals surface area (Å²) in [6.07, 6.45) is 0.865. The molecule has 1 rings (SSSR count). The largest absolute Gasteiger partial charge is 0.507 e. The van der Waals surface area contributed by atoms with Crippen LogP contribution in [0.2, 0.25) is 0 Å². The molecule has 0 bridgehead atoms. The first-order valence-electron chi connectivity index (χ1n) is 5.06. The van der Waals surface area contributed by atoms with Crippen LogP contribution in [-0.4, -0.2) is 24.0 Å². The second-order valence-corrected chi connectivity index (χ2v) is 3.70.